The zero-order valence-electron chi connectivity index (χ0n) is 11.4. The van der Waals surface area contributed by atoms with Gasteiger partial charge in [-0.15, -0.1) is 11.3 Å². The molecule has 2 atom stereocenters. The molecule has 0 aromatic carbocycles. The molecule has 3 saturated heterocycles. The van der Waals surface area contributed by atoms with Crippen LogP contribution in [0.4, 0.5) is 0 Å². The third-order valence-corrected chi connectivity index (χ3v) is 5.28. The van der Waals surface area contributed by atoms with Crippen molar-refractivity contribution >= 4 is 11.3 Å². The van der Waals surface area contributed by atoms with Crippen LogP contribution in [0.5, 0.6) is 0 Å². The van der Waals surface area contributed by atoms with Crippen molar-refractivity contribution in [3.63, 3.8) is 0 Å². The van der Waals surface area contributed by atoms with E-state index in [0.717, 1.165) is 6.54 Å². The van der Waals surface area contributed by atoms with Gasteiger partial charge < -0.3 is 5.32 Å². The second-order valence-electron chi connectivity index (χ2n) is 5.39. The largest absolute Gasteiger partial charge is 0.308 e. The number of piperazine rings is 3. The summed E-state index contributed by atoms with van der Waals surface area (Å²) >= 11 is 1.95. The molecule has 2 unspecified atom stereocenters. The molecule has 18 heavy (non-hydrogen) atoms. The van der Waals surface area contributed by atoms with Crippen LogP contribution in [0.3, 0.4) is 0 Å². The van der Waals surface area contributed by atoms with Gasteiger partial charge in [0, 0.05) is 48.5 Å². The lowest BCUT2D eigenvalue weighted by atomic mass is 9.99. The number of rotatable bonds is 4. The molecule has 4 heteroatoms. The molecule has 3 aliphatic heterocycles. The highest BCUT2D eigenvalue weighted by Gasteiger charge is 2.37. The number of aryl methyl sites for hydroxylation is 1. The van der Waals surface area contributed by atoms with E-state index in [2.05, 4.69) is 41.1 Å². The minimum absolute atomic E-state index is 0.511. The Hall–Kier alpha value is -0.420. The van der Waals surface area contributed by atoms with Crippen LogP contribution < -0.4 is 5.32 Å². The fourth-order valence-corrected chi connectivity index (χ4v) is 4.25. The fraction of sp³-hybridized carbons (Fsp3) is 0.714. The Bertz CT molecular complexity index is 395. The molecule has 1 aromatic rings. The summed E-state index contributed by atoms with van der Waals surface area (Å²) in [4.78, 5) is 8.23. The first-order chi connectivity index (χ1) is 8.78. The summed E-state index contributed by atoms with van der Waals surface area (Å²) in [5.74, 6) is 0. The van der Waals surface area contributed by atoms with Gasteiger partial charge >= 0.3 is 0 Å². The van der Waals surface area contributed by atoms with Gasteiger partial charge in [0.05, 0.1) is 6.04 Å². The Labute approximate surface area is 114 Å². The van der Waals surface area contributed by atoms with E-state index in [-0.39, 0.29) is 0 Å². The first kappa shape index (κ1) is 12.6. The van der Waals surface area contributed by atoms with Gasteiger partial charge in [-0.05, 0) is 25.6 Å². The molecule has 1 aromatic heterocycles. The molecule has 0 spiro atoms. The quantitative estimate of drug-likeness (QED) is 0.894. The molecule has 4 rings (SSSR count). The van der Waals surface area contributed by atoms with Crippen molar-refractivity contribution in [3.8, 4) is 0 Å². The topological polar surface area (TPSA) is 18.5 Å². The molecule has 0 saturated carbocycles. The molecule has 3 nitrogen and oxygen atoms in total. The second-order valence-corrected chi connectivity index (χ2v) is 6.71. The Morgan fingerprint density at radius 3 is 2.61 bits per heavy atom. The molecule has 4 heterocycles. The molecule has 3 fully saturated rings. The van der Waals surface area contributed by atoms with Gasteiger partial charge in [-0.2, -0.15) is 0 Å². The Kier molecular flexibility index (Phi) is 3.71. The molecule has 2 bridgehead atoms. The van der Waals surface area contributed by atoms with Gasteiger partial charge in [0.25, 0.3) is 0 Å². The van der Waals surface area contributed by atoms with E-state index in [1.54, 1.807) is 0 Å². The van der Waals surface area contributed by atoms with Gasteiger partial charge in [-0.1, -0.05) is 6.92 Å². The van der Waals surface area contributed by atoms with Crippen molar-refractivity contribution in [2.75, 3.05) is 39.3 Å². The summed E-state index contributed by atoms with van der Waals surface area (Å²) in [6, 6.07) is 5.73. The van der Waals surface area contributed by atoms with Crippen LogP contribution in [0.2, 0.25) is 0 Å². The van der Waals surface area contributed by atoms with Crippen LogP contribution in [0, 0.1) is 6.92 Å². The van der Waals surface area contributed by atoms with Gasteiger partial charge in [-0.3, -0.25) is 9.80 Å². The zero-order chi connectivity index (χ0) is 12.5. The predicted molar refractivity (Wildman–Crippen MR) is 77.3 cm³/mol. The predicted octanol–water partition coefficient (Wildman–Crippen LogP) is 1.71. The van der Waals surface area contributed by atoms with Crippen LogP contribution in [-0.4, -0.2) is 55.1 Å². The van der Waals surface area contributed by atoms with E-state index in [1.165, 1.54) is 42.5 Å². The van der Waals surface area contributed by atoms with Gasteiger partial charge in [0.2, 0.25) is 0 Å². The fourth-order valence-electron chi connectivity index (χ4n) is 3.24. The van der Waals surface area contributed by atoms with E-state index in [4.69, 9.17) is 0 Å². The third kappa shape index (κ3) is 2.35. The zero-order valence-corrected chi connectivity index (χ0v) is 12.2. The summed E-state index contributed by atoms with van der Waals surface area (Å²) in [5, 5.41) is 3.71. The molecule has 0 aliphatic carbocycles. The number of hydrogen-bond donors (Lipinski definition) is 1. The normalized spacial score (nSPS) is 32.7. The number of hydrogen-bond acceptors (Lipinski definition) is 4. The second kappa shape index (κ2) is 5.29. The first-order valence-corrected chi connectivity index (χ1v) is 7.85. The van der Waals surface area contributed by atoms with E-state index >= 15 is 0 Å². The highest BCUT2D eigenvalue weighted by atomic mass is 32.1. The van der Waals surface area contributed by atoms with Crippen molar-refractivity contribution in [1.29, 1.82) is 0 Å². The standard InChI is InChI=1S/C14H23N3S/c1-3-15-14(13-5-4-11(2)18-13)12-10-16-6-8-17(12)9-7-16/h4-5,12,14-15H,3,6-10H2,1-2H3. The third-order valence-electron chi connectivity index (χ3n) is 4.20. The van der Waals surface area contributed by atoms with Crippen molar-refractivity contribution in [3.05, 3.63) is 21.9 Å². The lowest BCUT2D eigenvalue weighted by Crippen LogP contribution is -2.63. The van der Waals surface area contributed by atoms with Gasteiger partial charge in [0.1, 0.15) is 0 Å². The van der Waals surface area contributed by atoms with Crippen molar-refractivity contribution in [2.45, 2.75) is 25.9 Å². The minimum Gasteiger partial charge on any atom is -0.308 e. The van der Waals surface area contributed by atoms with Gasteiger partial charge in [-0.25, -0.2) is 0 Å². The average molecular weight is 265 g/mol. The molecule has 0 amide bonds. The van der Waals surface area contributed by atoms with Crippen molar-refractivity contribution in [1.82, 2.24) is 15.1 Å². The van der Waals surface area contributed by atoms with E-state index in [9.17, 15) is 0 Å². The van der Waals surface area contributed by atoms with Crippen molar-refractivity contribution < 1.29 is 0 Å². The van der Waals surface area contributed by atoms with Crippen molar-refractivity contribution in [2.24, 2.45) is 0 Å². The van der Waals surface area contributed by atoms with E-state index in [0.29, 0.717) is 12.1 Å². The lowest BCUT2D eigenvalue weighted by Gasteiger charge is -2.50. The smallest absolute Gasteiger partial charge is 0.0585 e. The van der Waals surface area contributed by atoms with Crippen LogP contribution in [0.15, 0.2) is 12.1 Å². The van der Waals surface area contributed by atoms with Crippen LogP contribution in [-0.2, 0) is 0 Å². The highest BCUT2D eigenvalue weighted by Crippen LogP contribution is 2.31. The summed E-state index contributed by atoms with van der Waals surface area (Å²) < 4.78 is 0. The molecule has 0 radical (unpaired) electrons. The molecule has 100 valence electrons. The number of nitrogens with zero attached hydrogens (tertiary/aromatic N) is 2. The maximum Gasteiger partial charge on any atom is 0.0585 e. The van der Waals surface area contributed by atoms with Crippen LogP contribution in [0.1, 0.15) is 22.7 Å². The molecular formula is C14H23N3S. The average Bonchev–Trinajstić information content (AvgIpc) is 2.83. The Morgan fingerprint density at radius 1 is 1.33 bits per heavy atom. The maximum atomic E-state index is 3.71. The number of thiophene rings is 1. The minimum atomic E-state index is 0.511. The van der Waals surface area contributed by atoms with E-state index < -0.39 is 0 Å². The molecule has 3 aliphatic rings. The maximum absolute atomic E-state index is 3.71. The number of likely N-dealkylation sites (N-methyl/N-ethyl adjacent to an activating group) is 1. The van der Waals surface area contributed by atoms with Crippen LogP contribution in [0.25, 0.3) is 0 Å². The number of nitrogens with one attached hydrogen (secondary N) is 1. The summed E-state index contributed by atoms with van der Waals surface area (Å²) in [6.07, 6.45) is 0. The Balaban J connectivity index is 1.81. The monoisotopic (exact) mass is 265 g/mol. The first-order valence-electron chi connectivity index (χ1n) is 7.04. The van der Waals surface area contributed by atoms with Crippen LogP contribution >= 0.6 is 11.3 Å². The Morgan fingerprint density at radius 2 is 2.11 bits per heavy atom. The SMILES string of the molecule is CCNC(c1ccc(C)s1)C1CN2CCN1CC2. The molecule has 1 N–H and O–H groups in total. The summed E-state index contributed by atoms with van der Waals surface area (Å²) in [7, 11) is 0. The lowest BCUT2D eigenvalue weighted by molar-refractivity contribution is -0.00289. The van der Waals surface area contributed by atoms with E-state index in [1.807, 2.05) is 11.3 Å². The highest BCUT2D eigenvalue weighted by molar-refractivity contribution is 7.12. The molecular weight excluding hydrogens is 242 g/mol. The summed E-state index contributed by atoms with van der Waals surface area (Å²) in [6.45, 7) is 11.7. The van der Waals surface area contributed by atoms with Gasteiger partial charge in [0.15, 0.2) is 0 Å². The summed E-state index contributed by atoms with van der Waals surface area (Å²) in [5.41, 5.74) is 0. The number of fused-ring (bicyclic) bond motifs is 3.